The zero-order valence-corrected chi connectivity index (χ0v) is 16.3. The van der Waals surface area contributed by atoms with Crippen LogP contribution in [0.3, 0.4) is 0 Å². The van der Waals surface area contributed by atoms with E-state index in [4.69, 9.17) is 4.74 Å². The summed E-state index contributed by atoms with van der Waals surface area (Å²) < 4.78 is 5.50. The number of benzene rings is 2. The maximum atomic E-state index is 13.3. The maximum absolute atomic E-state index is 13.3. The van der Waals surface area contributed by atoms with Crippen molar-refractivity contribution in [3.05, 3.63) is 64.7 Å². The van der Waals surface area contributed by atoms with Crippen molar-refractivity contribution in [1.82, 2.24) is 4.90 Å². The van der Waals surface area contributed by atoms with Gasteiger partial charge in [0.25, 0.3) is 0 Å². The smallest absolute Gasteiger partial charge is 0.180 e. The second kappa shape index (κ2) is 8.49. The summed E-state index contributed by atoms with van der Waals surface area (Å²) in [6.45, 7) is 5.43. The van der Waals surface area contributed by atoms with Gasteiger partial charge in [-0.2, -0.15) is 0 Å². The highest BCUT2D eigenvalue weighted by molar-refractivity contribution is 6.00. The van der Waals surface area contributed by atoms with Crippen LogP contribution in [0.25, 0.3) is 0 Å². The summed E-state index contributed by atoms with van der Waals surface area (Å²) in [5, 5.41) is 0. The Morgan fingerprint density at radius 1 is 1.04 bits per heavy atom. The van der Waals surface area contributed by atoms with Gasteiger partial charge in [-0.15, -0.1) is 0 Å². The molecule has 2 aromatic rings. The Hall–Kier alpha value is -2.46. The number of carbonyl (C=O) groups is 2. The molecule has 4 heteroatoms. The van der Waals surface area contributed by atoms with E-state index in [-0.39, 0.29) is 17.6 Å². The van der Waals surface area contributed by atoms with E-state index in [1.807, 2.05) is 43.3 Å². The number of likely N-dealkylation sites (tertiary alicyclic amines) is 1. The molecule has 0 amide bonds. The zero-order valence-electron chi connectivity index (χ0n) is 16.3. The lowest BCUT2D eigenvalue weighted by Gasteiger charge is -2.27. The van der Waals surface area contributed by atoms with Gasteiger partial charge in [-0.3, -0.25) is 14.5 Å². The van der Waals surface area contributed by atoms with Crippen LogP contribution in [0.1, 0.15) is 51.6 Å². The monoisotopic (exact) mass is 365 g/mol. The first kappa shape index (κ1) is 19.3. The molecule has 1 saturated heterocycles. The lowest BCUT2D eigenvalue weighted by Crippen LogP contribution is -2.41. The fourth-order valence-electron chi connectivity index (χ4n) is 3.72. The van der Waals surface area contributed by atoms with Crippen LogP contribution in [0.2, 0.25) is 0 Å². The van der Waals surface area contributed by atoms with Crippen molar-refractivity contribution in [2.24, 2.45) is 0 Å². The molecule has 0 bridgehead atoms. The molecule has 1 heterocycles. The Bertz CT molecular complexity index is 820. The van der Waals surface area contributed by atoms with E-state index in [1.165, 1.54) is 0 Å². The SMILES string of the molecule is COc1ccc(C(C)=O)cc1CC(C(=O)c1ccc(C)cc1)N1CCCC1. The lowest BCUT2D eigenvalue weighted by atomic mass is 9.94. The molecular formula is C23H27NO3. The van der Waals surface area contributed by atoms with Gasteiger partial charge in [0.15, 0.2) is 11.6 Å². The summed E-state index contributed by atoms with van der Waals surface area (Å²) in [4.78, 5) is 27.4. The third-order valence-corrected chi connectivity index (χ3v) is 5.32. The molecular weight excluding hydrogens is 338 g/mol. The fraction of sp³-hybridized carbons (Fsp3) is 0.391. The molecule has 2 aromatic carbocycles. The van der Waals surface area contributed by atoms with Crippen LogP contribution in [0, 0.1) is 6.92 Å². The molecule has 0 N–H and O–H groups in total. The standard InChI is InChI=1S/C23H27NO3/c1-16-6-8-18(9-7-16)23(26)21(24-12-4-5-13-24)15-20-14-19(17(2)25)10-11-22(20)27-3/h6-11,14,21H,4-5,12-13,15H2,1-3H3. The normalized spacial score (nSPS) is 15.5. The van der Waals surface area contributed by atoms with Gasteiger partial charge < -0.3 is 4.74 Å². The first-order valence-corrected chi connectivity index (χ1v) is 9.52. The van der Waals surface area contributed by atoms with Crippen LogP contribution in [0.15, 0.2) is 42.5 Å². The third kappa shape index (κ3) is 4.45. The number of Topliss-reactive ketones (excluding diaryl/α,β-unsaturated/α-hetero) is 2. The molecule has 1 fully saturated rings. The molecule has 27 heavy (non-hydrogen) atoms. The van der Waals surface area contributed by atoms with Crippen LogP contribution in [-0.4, -0.2) is 42.7 Å². The van der Waals surface area contributed by atoms with E-state index >= 15 is 0 Å². The Balaban J connectivity index is 1.94. The predicted molar refractivity (Wildman–Crippen MR) is 107 cm³/mol. The highest BCUT2D eigenvalue weighted by Gasteiger charge is 2.30. The Kier molecular flexibility index (Phi) is 6.07. The van der Waals surface area contributed by atoms with Gasteiger partial charge in [-0.05, 0) is 70.0 Å². The molecule has 1 atom stereocenters. The summed E-state index contributed by atoms with van der Waals surface area (Å²) in [7, 11) is 1.62. The zero-order chi connectivity index (χ0) is 19.4. The quantitative estimate of drug-likeness (QED) is 0.693. The molecule has 1 aliphatic heterocycles. The fourth-order valence-corrected chi connectivity index (χ4v) is 3.72. The minimum Gasteiger partial charge on any atom is -0.496 e. The summed E-state index contributed by atoms with van der Waals surface area (Å²) in [6.07, 6.45) is 2.77. The van der Waals surface area contributed by atoms with Crippen LogP contribution < -0.4 is 4.74 Å². The molecule has 1 aliphatic rings. The summed E-state index contributed by atoms with van der Waals surface area (Å²) in [5.74, 6) is 0.870. The molecule has 0 spiro atoms. The predicted octanol–water partition coefficient (Wildman–Crippen LogP) is 4.10. The average Bonchev–Trinajstić information content (AvgIpc) is 3.20. The van der Waals surface area contributed by atoms with E-state index in [2.05, 4.69) is 4.90 Å². The average molecular weight is 365 g/mol. The van der Waals surface area contributed by atoms with Crippen molar-refractivity contribution in [3.8, 4) is 5.75 Å². The summed E-state index contributed by atoms with van der Waals surface area (Å²) >= 11 is 0. The molecule has 1 unspecified atom stereocenters. The topological polar surface area (TPSA) is 46.6 Å². The van der Waals surface area contributed by atoms with E-state index < -0.39 is 0 Å². The van der Waals surface area contributed by atoms with Gasteiger partial charge in [0.05, 0.1) is 13.2 Å². The van der Waals surface area contributed by atoms with Crippen molar-refractivity contribution in [2.45, 2.75) is 39.2 Å². The van der Waals surface area contributed by atoms with Crippen LogP contribution in [-0.2, 0) is 6.42 Å². The highest BCUT2D eigenvalue weighted by Crippen LogP contribution is 2.26. The Morgan fingerprint density at radius 3 is 2.26 bits per heavy atom. The molecule has 0 aromatic heterocycles. The number of hydrogen-bond donors (Lipinski definition) is 0. The minimum absolute atomic E-state index is 0.0153. The first-order valence-electron chi connectivity index (χ1n) is 9.52. The van der Waals surface area contributed by atoms with Crippen LogP contribution in [0.5, 0.6) is 5.75 Å². The van der Waals surface area contributed by atoms with Crippen molar-refractivity contribution in [2.75, 3.05) is 20.2 Å². The maximum Gasteiger partial charge on any atom is 0.180 e. The number of hydrogen-bond acceptors (Lipinski definition) is 4. The van der Waals surface area contributed by atoms with Gasteiger partial charge in [-0.25, -0.2) is 0 Å². The molecule has 4 nitrogen and oxygen atoms in total. The molecule has 0 aliphatic carbocycles. The Morgan fingerprint density at radius 2 is 1.67 bits per heavy atom. The Labute approximate surface area is 161 Å². The minimum atomic E-state index is -0.244. The van der Waals surface area contributed by atoms with Crippen molar-refractivity contribution in [3.63, 3.8) is 0 Å². The number of ketones is 2. The van der Waals surface area contributed by atoms with Crippen molar-refractivity contribution >= 4 is 11.6 Å². The van der Waals surface area contributed by atoms with Crippen molar-refractivity contribution < 1.29 is 14.3 Å². The largest absolute Gasteiger partial charge is 0.496 e. The van der Waals surface area contributed by atoms with Crippen LogP contribution in [0.4, 0.5) is 0 Å². The summed E-state index contributed by atoms with van der Waals surface area (Å²) in [6, 6.07) is 13.0. The van der Waals surface area contributed by atoms with E-state index in [0.29, 0.717) is 12.0 Å². The van der Waals surface area contributed by atoms with E-state index in [0.717, 1.165) is 48.4 Å². The highest BCUT2D eigenvalue weighted by atomic mass is 16.5. The van der Waals surface area contributed by atoms with Gasteiger partial charge in [-0.1, -0.05) is 29.8 Å². The molecule has 3 rings (SSSR count). The van der Waals surface area contributed by atoms with Gasteiger partial charge in [0, 0.05) is 11.1 Å². The van der Waals surface area contributed by atoms with Gasteiger partial charge in [0.1, 0.15) is 5.75 Å². The third-order valence-electron chi connectivity index (χ3n) is 5.32. The first-order chi connectivity index (χ1) is 13.0. The number of aryl methyl sites for hydroxylation is 1. The molecule has 142 valence electrons. The second-order valence-corrected chi connectivity index (χ2v) is 7.28. The van der Waals surface area contributed by atoms with Crippen LogP contribution >= 0.6 is 0 Å². The molecule has 0 saturated carbocycles. The van der Waals surface area contributed by atoms with E-state index in [9.17, 15) is 9.59 Å². The number of nitrogens with zero attached hydrogens (tertiary/aromatic N) is 1. The number of ether oxygens (including phenoxy) is 1. The lowest BCUT2D eigenvalue weighted by molar-refractivity contribution is 0.0847. The van der Waals surface area contributed by atoms with Gasteiger partial charge in [0.2, 0.25) is 0 Å². The van der Waals surface area contributed by atoms with E-state index in [1.54, 1.807) is 20.1 Å². The number of methoxy groups -OCH3 is 1. The second-order valence-electron chi connectivity index (χ2n) is 7.28. The van der Waals surface area contributed by atoms with Gasteiger partial charge >= 0.3 is 0 Å². The molecule has 0 radical (unpaired) electrons. The summed E-state index contributed by atoms with van der Waals surface area (Å²) in [5.41, 5.74) is 3.43. The number of carbonyl (C=O) groups excluding carboxylic acids is 2. The van der Waals surface area contributed by atoms with Crippen molar-refractivity contribution in [1.29, 1.82) is 0 Å². The number of rotatable bonds is 7.